The van der Waals surface area contributed by atoms with E-state index >= 15 is 0 Å². The minimum Gasteiger partial charge on any atom is -0.462 e. The number of aromatic amines is 1. The number of nitrogens with zero attached hydrogens (tertiary/aromatic N) is 1. The second-order valence-corrected chi connectivity index (χ2v) is 10.9. The van der Waals surface area contributed by atoms with Crippen LogP contribution in [0, 0.1) is 0 Å². The van der Waals surface area contributed by atoms with Crippen LogP contribution < -0.4 is 15.0 Å². The topological polar surface area (TPSA) is 115 Å². The highest BCUT2D eigenvalue weighted by Crippen LogP contribution is 2.36. The zero-order valence-corrected chi connectivity index (χ0v) is 20.8. The van der Waals surface area contributed by atoms with Gasteiger partial charge in [-0.1, -0.05) is 19.3 Å². The smallest absolute Gasteiger partial charge is 0.338 e. The molecule has 1 aromatic heterocycles. The van der Waals surface area contributed by atoms with Crippen LogP contribution in [0.3, 0.4) is 0 Å². The number of carbonyl (C=O) groups is 1. The molecule has 3 aromatic rings. The SMILES string of the molecule is CCOC(=O)c1ccc(S(=O)(=O)N(Cc2cc3cc4c(cc3[nH]c2=O)OCO4)C2CCCCC2)cc1. The zero-order chi connectivity index (χ0) is 25.3. The van der Waals surface area contributed by atoms with E-state index in [4.69, 9.17) is 14.2 Å². The molecule has 2 heterocycles. The van der Waals surface area contributed by atoms with Crippen LogP contribution in [0.2, 0.25) is 0 Å². The molecule has 1 saturated carbocycles. The van der Waals surface area contributed by atoms with Crippen molar-refractivity contribution in [2.24, 2.45) is 0 Å². The molecule has 1 aliphatic heterocycles. The molecule has 190 valence electrons. The molecule has 2 aliphatic rings. The van der Waals surface area contributed by atoms with Crippen molar-refractivity contribution >= 4 is 26.9 Å². The number of hydrogen-bond donors (Lipinski definition) is 1. The molecule has 1 fully saturated rings. The minimum absolute atomic E-state index is 0.0632. The van der Waals surface area contributed by atoms with Gasteiger partial charge in [0.2, 0.25) is 16.8 Å². The highest BCUT2D eigenvalue weighted by atomic mass is 32.2. The van der Waals surface area contributed by atoms with Crippen LogP contribution >= 0.6 is 0 Å². The molecule has 0 unspecified atom stereocenters. The number of nitrogens with one attached hydrogen (secondary N) is 1. The lowest BCUT2D eigenvalue weighted by molar-refractivity contribution is 0.0526. The monoisotopic (exact) mass is 512 g/mol. The highest BCUT2D eigenvalue weighted by molar-refractivity contribution is 7.89. The standard InChI is InChI=1S/C26H28N2O7S/c1-2-33-26(30)17-8-10-21(11-9-17)36(31,32)28(20-6-4-3-5-7-20)15-19-12-18-13-23-24(35-16-34-23)14-22(18)27-25(19)29/h8-14,20H,2-7,15-16H2,1H3,(H,27,29). The van der Waals surface area contributed by atoms with Crippen molar-refractivity contribution in [2.45, 2.75) is 56.5 Å². The van der Waals surface area contributed by atoms with Crippen molar-refractivity contribution < 1.29 is 27.4 Å². The first kappa shape index (κ1) is 24.3. The van der Waals surface area contributed by atoms with Crippen LogP contribution in [-0.4, -0.2) is 43.1 Å². The fourth-order valence-electron chi connectivity index (χ4n) is 4.82. The summed E-state index contributed by atoms with van der Waals surface area (Å²) in [7, 11) is -3.95. The van der Waals surface area contributed by atoms with Crippen LogP contribution in [0.5, 0.6) is 11.5 Å². The second-order valence-electron chi connectivity index (χ2n) is 9.00. The Bertz CT molecular complexity index is 1440. The lowest BCUT2D eigenvalue weighted by Gasteiger charge is -2.33. The maximum absolute atomic E-state index is 13.8. The van der Waals surface area contributed by atoms with Gasteiger partial charge in [0.05, 0.1) is 22.6 Å². The van der Waals surface area contributed by atoms with Gasteiger partial charge < -0.3 is 19.2 Å². The van der Waals surface area contributed by atoms with Gasteiger partial charge in [0.15, 0.2) is 11.5 Å². The number of pyridine rings is 1. The largest absolute Gasteiger partial charge is 0.462 e. The summed E-state index contributed by atoms with van der Waals surface area (Å²) in [5.74, 6) is 0.636. The first-order chi connectivity index (χ1) is 17.4. The number of rotatable bonds is 7. The Morgan fingerprint density at radius 3 is 2.44 bits per heavy atom. The number of ether oxygens (including phenoxy) is 3. The summed E-state index contributed by atoms with van der Waals surface area (Å²) in [6.45, 7) is 2.00. The van der Waals surface area contributed by atoms with Crippen molar-refractivity contribution in [3.63, 3.8) is 0 Å². The number of hydrogen-bond acceptors (Lipinski definition) is 7. The van der Waals surface area contributed by atoms with Gasteiger partial charge in [-0.05, 0) is 56.2 Å². The lowest BCUT2D eigenvalue weighted by Crippen LogP contribution is -2.42. The maximum atomic E-state index is 13.8. The molecule has 2 aromatic carbocycles. The van der Waals surface area contributed by atoms with E-state index in [0.29, 0.717) is 22.6 Å². The number of esters is 1. The maximum Gasteiger partial charge on any atom is 0.338 e. The lowest BCUT2D eigenvalue weighted by atomic mass is 9.95. The number of H-pyrrole nitrogens is 1. The van der Waals surface area contributed by atoms with E-state index in [1.165, 1.54) is 28.6 Å². The Morgan fingerprint density at radius 1 is 1.06 bits per heavy atom. The van der Waals surface area contributed by atoms with Gasteiger partial charge in [-0.25, -0.2) is 13.2 Å². The molecule has 9 nitrogen and oxygen atoms in total. The van der Waals surface area contributed by atoms with Crippen LogP contribution in [0.15, 0.2) is 52.2 Å². The molecular formula is C26H28N2O7S. The Labute approximate surface area is 209 Å². The quantitative estimate of drug-likeness (QED) is 0.477. The van der Waals surface area contributed by atoms with E-state index in [9.17, 15) is 18.0 Å². The first-order valence-corrected chi connectivity index (χ1v) is 13.6. The summed E-state index contributed by atoms with van der Waals surface area (Å²) in [6, 6.07) is 10.7. The fourth-order valence-corrected chi connectivity index (χ4v) is 6.48. The minimum atomic E-state index is -3.95. The predicted octanol–water partition coefficient (Wildman–Crippen LogP) is 3.96. The van der Waals surface area contributed by atoms with Gasteiger partial charge in [0.25, 0.3) is 5.56 Å². The van der Waals surface area contributed by atoms with E-state index in [-0.39, 0.29) is 42.0 Å². The van der Waals surface area contributed by atoms with E-state index in [2.05, 4.69) is 4.98 Å². The average Bonchev–Trinajstić information content (AvgIpc) is 3.34. The van der Waals surface area contributed by atoms with Crippen molar-refractivity contribution in [1.82, 2.24) is 9.29 Å². The van der Waals surface area contributed by atoms with Crippen molar-refractivity contribution in [3.05, 3.63) is 63.9 Å². The predicted molar refractivity (Wildman–Crippen MR) is 133 cm³/mol. The third-order valence-corrected chi connectivity index (χ3v) is 8.61. The molecule has 0 saturated heterocycles. The van der Waals surface area contributed by atoms with Crippen LogP contribution in [0.1, 0.15) is 54.9 Å². The summed E-state index contributed by atoms with van der Waals surface area (Å²) in [6.07, 6.45) is 4.36. The Hall–Kier alpha value is -3.37. The van der Waals surface area contributed by atoms with Gasteiger partial charge in [0.1, 0.15) is 0 Å². The van der Waals surface area contributed by atoms with Crippen LogP contribution in [0.4, 0.5) is 0 Å². The number of fused-ring (bicyclic) bond motifs is 2. The van der Waals surface area contributed by atoms with E-state index in [1.807, 2.05) is 0 Å². The van der Waals surface area contributed by atoms with Gasteiger partial charge in [-0.2, -0.15) is 4.31 Å². The molecule has 0 amide bonds. The molecule has 0 atom stereocenters. The van der Waals surface area contributed by atoms with Crippen molar-refractivity contribution in [1.29, 1.82) is 0 Å². The third kappa shape index (κ3) is 4.70. The Morgan fingerprint density at radius 2 is 1.75 bits per heavy atom. The van der Waals surface area contributed by atoms with Gasteiger partial charge >= 0.3 is 5.97 Å². The molecule has 36 heavy (non-hydrogen) atoms. The summed E-state index contributed by atoms with van der Waals surface area (Å²) in [5, 5.41) is 0.730. The summed E-state index contributed by atoms with van der Waals surface area (Å²) in [4.78, 5) is 27.9. The number of benzene rings is 2. The zero-order valence-electron chi connectivity index (χ0n) is 20.0. The molecule has 0 spiro atoms. The number of sulfonamides is 1. The van der Waals surface area contributed by atoms with Crippen molar-refractivity contribution in [3.8, 4) is 11.5 Å². The Balaban J connectivity index is 1.50. The van der Waals surface area contributed by atoms with Gasteiger partial charge in [-0.15, -0.1) is 0 Å². The fraction of sp³-hybridized carbons (Fsp3) is 0.385. The first-order valence-electron chi connectivity index (χ1n) is 12.1. The van der Waals surface area contributed by atoms with Gasteiger partial charge in [0, 0.05) is 29.6 Å². The van der Waals surface area contributed by atoms with Crippen LogP contribution in [-0.2, 0) is 21.3 Å². The van der Waals surface area contributed by atoms with E-state index < -0.39 is 16.0 Å². The molecule has 1 N–H and O–H groups in total. The number of carbonyl (C=O) groups excluding carboxylic acids is 1. The van der Waals surface area contributed by atoms with Crippen LogP contribution in [0.25, 0.3) is 10.9 Å². The third-order valence-electron chi connectivity index (χ3n) is 6.69. The molecule has 1 aliphatic carbocycles. The summed E-state index contributed by atoms with van der Waals surface area (Å²) >= 11 is 0. The highest BCUT2D eigenvalue weighted by Gasteiger charge is 2.33. The molecule has 5 rings (SSSR count). The molecule has 10 heteroatoms. The molecular weight excluding hydrogens is 484 g/mol. The second kappa shape index (κ2) is 9.94. The summed E-state index contributed by atoms with van der Waals surface area (Å²) < 4.78 is 44.9. The van der Waals surface area contributed by atoms with Gasteiger partial charge in [-0.3, -0.25) is 4.79 Å². The number of aromatic nitrogens is 1. The van der Waals surface area contributed by atoms with E-state index in [1.54, 1.807) is 25.1 Å². The van der Waals surface area contributed by atoms with E-state index in [0.717, 1.165) is 37.5 Å². The Kier molecular flexibility index (Phi) is 6.72. The normalized spacial score (nSPS) is 15.9. The molecule has 0 radical (unpaired) electrons. The van der Waals surface area contributed by atoms with Crippen molar-refractivity contribution in [2.75, 3.05) is 13.4 Å². The average molecular weight is 513 g/mol. The summed E-state index contributed by atoms with van der Waals surface area (Å²) in [5.41, 5.74) is 0.869. The molecule has 0 bridgehead atoms.